The summed E-state index contributed by atoms with van der Waals surface area (Å²) >= 11 is 0. The first-order valence-corrected chi connectivity index (χ1v) is 9.86. The van der Waals surface area contributed by atoms with Crippen molar-refractivity contribution in [3.63, 3.8) is 0 Å². The van der Waals surface area contributed by atoms with Crippen molar-refractivity contribution in [1.82, 2.24) is 10.2 Å². The number of aryl methyl sites for hydroxylation is 1. The van der Waals surface area contributed by atoms with E-state index in [-0.39, 0.29) is 23.6 Å². The standard InChI is InChI=1S/C22H25F2N3O3/c1-15-7-9-18(10-8-15)26-22(29)25-13-16-4-3-11-27(14-16)20(28)17-5-2-6-19(12-17)30-21(23)24/h2,5-10,12,16,21H,3-4,11,13-14H2,1H3,(H2,25,26,29). The number of carbonyl (C=O) groups is 2. The summed E-state index contributed by atoms with van der Waals surface area (Å²) in [6, 6.07) is 13.0. The van der Waals surface area contributed by atoms with Crippen molar-refractivity contribution >= 4 is 17.6 Å². The number of piperidine rings is 1. The lowest BCUT2D eigenvalue weighted by atomic mass is 9.97. The van der Waals surface area contributed by atoms with E-state index in [2.05, 4.69) is 15.4 Å². The van der Waals surface area contributed by atoms with Crippen LogP contribution in [0.5, 0.6) is 5.75 Å². The van der Waals surface area contributed by atoms with E-state index >= 15 is 0 Å². The molecule has 0 saturated carbocycles. The monoisotopic (exact) mass is 417 g/mol. The minimum absolute atomic E-state index is 0.0427. The average molecular weight is 417 g/mol. The van der Waals surface area contributed by atoms with E-state index < -0.39 is 6.61 Å². The van der Waals surface area contributed by atoms with Gasteiger partial charge in [-0.05, 0) is 56.0 Å². The fourth-order valence-electron chi connectivity index (χ4n) is 3.45. The molecule has 30 heavy (non-hydrogen) atoms. The zero-order valence-corrected chi connectivity index (χ0v) is 16.7. The molecule has 6 nitrogen and oxygen atoms in total. The summed E-state index contributed by atoms with van der Waals surface area (Å²) in [5, 5.41) is 5.64. The highest BCUT2D eigenvalue weighted by Gasteiger charge is 2.25. The highest BCUT2D eigenvalue weighted by atomic mass is 19.3. The van der Waals surface area contributed by atoms with Crippen LogP contribution in [0.15, 0.2) is 48.5 Å². The van der Waals surface area contributed by atoms with E-state index in [0.29, 0.717) is 30.9 Å². The van der Waals surface area contributed by atoms with E-state index in [1.165, 1.54) is 18.2 Å². The minimum atomic E-state index is -2.94. The second-order valence-electron chi connectivity index (χ2n) is 7.37. The summed E-state index contributed by atoms with van der Waals surface area (Å²) in [6.07, 6.45) is 1.70. The molecule has 0 spiro atoms. The Morgan fingerprint density at radius 3 is 2.70 bits per heavy atom. The molecular formula is C22H25F2N3O3. The van der Waals surface area contributed by atoms with Crippen LogP contribution >= 0.6 is 0 Å². The lowest BCUT2D eigenvalue weighted by Gasteiger charge is -2.33. The molecule has 3 rings (SSSR count). The van der Waals surface area contributed by atoms with Gasteiger partial charge in [-0.25, -0.2) is 4.79 Å². The molecule has 0 aromatic heterocycles. The van der Waals surface area contributed by atoms with Gasteiger partial charge in [0.15, 0.2) is 0 Å². The Labute approximate surface area is 174 Å². The smallest absolute Gasteiger partial charge is 0.387 e. The SMILES string of the molecule is Cc1ccc(NC(=O)NCC2CCCN(C(=O)c3cccc(OC(F)F)c3)C2)cc1. The highest BCUT2D eigenvalue weighted by Crippen LogP contribution is 2.21. The Morgan fingerprint density at radius 1 is 1.20 bits per heavy atom. The van der Waals surface area contributed by atoms with Crippen LogP contribution < -0.4 is 15.4 Å². The lowest BCUT2D eigenvalue weighted by Crippen LogP contribution is -2.44. The van der Waals surface area contributed by atoms with Crippen molar-refractivity contribution in [3.8, 4) is 5.75 Å². The van der Waals surface area contributed by atoms with Gasteiger partial charge in [0.2, 0.25) is 0 Å². The summed E-state index contributed by atoms with van der Waals surface area (Å²) < 4.78 is 29.2. The largest absolute Gasteiger partial charge is 0.435 e. The number of alkyl halides is 2. The number of amides is 3. The van der Waals surface area contributed by atoms with Gasteiger partial charge in [-0.1, -0.05) is 23.8 Å². The maximum Gasteiger partial charge on any atom is 0.387 e. The van der Waals surface area contributed by atoms with Crippen LogP contribution in [0.2, 0.25) is 0 Å². The van der Waals surface area contributed by atoms with Crippen LogP contribution in [-0.4, -0.2) is 43.1 Å². The number of urea groups is 1. The number of hydrogen-bond donors (Lipinski definition) is 2. The van der Waals surface area contributed by atoms with Crippen LogP contribution in [0.25, 0.3) is 0 Å². The van der Waals surface area contributed by atoms with Gasteiger partial charge in [0.05, 0.1) is 0 Å². The summed E-state index contributed by atoms with van der Waals surface area (Å²) in [4.78, 5) is 26.6. The molecule has 8 heteroatoms. The molecule has 3 amide bonds. The third-order valence-corrected chi connectivity index (χ3v) is 4.97. The second-order valence-corrected chi connectivity index (χ2v) is 7.37. The molecule has 1 aliphatic rings. The van der Waals surface area contributed by atoms with E-state index in [0.717, 1.165) is 18.4 Å². The molecule has 0 bridgehead atoms. The zero-order valence-electron chi connectivity index (χ0n) is 16.7. The number of nitrogens with one attached hydrogen (secondary N) is 2. The molecule has 1 aliphatic heterocycles. The number of halogens is 2. The molecule has 2 N–H and O–H groups in total. The number of anilines is 1. The number of ether oxygens (including phenoxy) is 1. The zero-order chi connectivity index (χ0) is 21.5. The maximum atomic E-state index is 12.8. The van der Waals surface area contributed by atoms with Crippen LogP contribution in [-0.2, 0) is 0 Å². The fraction of sp³-hybridized carbons (Fsp3) is 0.364. The normalized spacial score (nSPS) is 16.3. The van der Waals surface area contributed by atoms with Crippen molar-refractivity contribution in [3.05, 3.63) is 59.7 Å². The molecule has 2 aromatic carbocycles. The van der Waals surface area contributed by atoms with Gasteiger partial charge in [-0.2, -0.15) is 8.78 Å². The molecule has 1 fully saturated rings. The minimum Gasteiger partial charge on any atom is -0.435 e. The second kappa shape index (κ2) is 10.0. The van der Waals surface area contributed by atoms with Crippen LogP contribution in [0.1, 0.15) is 28.8 Å². The predicted octanol–water partition coefficient (Wildman–Crippen LogP) is 4.27. The highest BCUT2D eigenvalue weighted by molar-refractivity contribution is 5.94. The summed E-state index contributed by atoms with van der Waals surface area (Å²) in [7, 11) is 0. The van der Waals surface area contributed by atoms with Crippen molar-refractivity contribution < 1.29 is 23.1 Å². The number of nitrogens with zero attached hydrogens (tertiary/aromatic N) is 1. The maximum absolute atomic E-state index is 12.8. The third-order valence-electron chi connectivity index (χ3n) is 4.97. The first kappa shape index (κ1) is 21.5. The van der Waals surface area contributed by atoms with Gasteiger partial charge < -0.3 is 20.3 Å². The molecule has 1 atom stereocenters. The number of carbonyl (C=O) groups excluding carboxylic acids is 2. The Balaban J connectivity index is 1.51. The molecule has 0 aliphatic carbocycles. The van der Waals surface area contributed by atoms with E-state index in [1.54, 1.807) is 11.0 Å². The van der Waals surface area contributed by atoms with Gasteiger partial charge >= 0.3 is 12.6 Å². The molecule has 1 saturated heterocycles. The third kappa shape index (κ3) is 6.17. The Bertz CT molecular complexity index is 874. The van der Waals surface area contributed by atoms with Gasteiger partial charge in [0.1, 0.15) is 5.75 Å². The summed E-state index contributed by atoms with van der Waals surface area (Å²) in [5.41, 5.74) is 2.13. The van der Waals surface area contributed by atoms with E-state index in [9.17, 15) is 18.4 Å². The van der Waals surface area contributed by atoms with Crippen molar-refractivity contribution in [2.24, 2.45) is 5.92 Å². The van der Waals surface area contributed by atoms with Crippen LogP contribution in [0, 0.1) is 12.8 Å². The Kier molecular flexibility index (Phi) is 7.21. The molecule has 1 unspecified atom stereocenters. The van der Waals surface area contributed by atoms with Crippen molar-refractivity contribution in [1.29, 1.82) is 0 Å². The number of hydrogen-bond acceptors (Lipinski definition) is 3. The number of rotatable bonds is 6. The van der Waals surface area contributed by atoms with Gasteiger partial charge in [-0.3, -0.25) is 4.79 Å². The first-order chi connectivity index (χ1) is 14.4. The summed E-state index contributed by atoms with van der Waals surface area (Å²) in [5.74, 6) is -0.158. The average Bonchev–Trinajstić information content (AvgIpc) is 2.73. The van der Waals surface area contributed by atoms with Crippen molar-refractivity contribution in [2.75, 3.05) is 25.0 Å². The number of likely N-dealkylation sites (tertiary alicyclic amines) is 1. The van der Waals surface area contributed by atoms with E-state index in [1.807, 2.05) is 31.2 Å². The van der Waals surface area contributed by atoms with Crippen molar-refractivity contribution in [2.45, 2.75) is 26.4 Å². The molecular weight excluding hydrogens is 392 g/mol. The Hall–Kier alpha value is -3.16. The van der Waals surface area contributed by atoms with Gasteiger partial charge in [0, 0.05) is 30.9 Å². The predicted molar refractivity (Wildman–Crippen MR) is 110 cm³/mol. The quantitative estimate of drug-likeness (QED) is 0.737. The van der Waals surface area contributed by atoms with Gasteiger partial charge in [0.25, 0.3) is 5.91 Å². The molecule has 0 radical (unpaired) electrons. The lowest BCUT2D eigenvalue weighted by molar-refractivity contribution is -0.0499. The summed E-state index contributed by atoms with van der Waals surface area (Å²) in [6.45, 7) is 0.554. The van der Waals surface area contributed by atoms with Crippen LogP contribution in [0.3, 0.4) is 0 Å². The van der Waals surface area contributed by atoms with Gasteiger partial charge in [-0.15, -0.1) is 0 Å². The number of benzene rings is 2. The Morgan fingerprint density at radius 2 is 1.97 bits per heavy atom. The first-order valence-electron chi connectivity index (χ1n) is 9.86. The fourth-order valence-corrected chi connectivity index (χ4v) is 3.45. The molecule has 2 aromatic rings. The molecule has 1 heterocycles. The van der Waals surface area contributed by atoms with E-state index in [4.69, 9.17) is 0 Å². The molecule has 160 valence electrons. The topological polar surface area (TPSA) is 70.7 Å². The van der Waals surface area contributed by atoms with Crippen LogP contribution in [0.4, 0.5) is 19.3 Å².